The van der Waals surface area contributed by atoms with Gasteiger partial charge in [-0.2, -0.15) is 0 Å². The van der Waals surface area contributed by atoms with Gasteiger partial charge in [0, 0.05) is 32.2 Å². The molecule has 1 aliphatic carbocycles. The zero-order valence-electron chi connectivity index (χ0n) is 16.5. The number of rotatable bonds is 3. The van der Waals surface area contributed by atoms with Crippen LogP contribution in [0.3, 0.4) is 0 Å². The van der Waals surface area contributed by atoms with Crippen molar-refractivity contribution in [3.05, 3.63) is 47.3 Å². The van der Waals surface area contributed by atoms with Crippen molar-refractivity contribution in [2.24, 2.45) is 0 Å². The summed E-state index contributed by atoms with van der Waals surface area (Å²) in [5.74, 6) is 0.0482. The number of benzene rings is 1. The van der Waals surface area contributed by atoms with E-state index in [0.717, 1.165) is 51.9 Å². The molecule has 0 atom stereocenters. The maximum atomic E-state index is 12.6. The first-order valence-electron chi connectivity index (χ1n) is 10.8. The summed E-state index contributed by atoms with van der Waals surface area (Å²) in [6.07, 6.45) is 9.81. The Bertz CT molecular complexity index is 808. The second kappa shape index (κ2) is 7.66. The highest BCUT2D eigenvalue weighted by molar-refractivity contribution is 5.91. The third-order valence-electron chi connectivity index (χ3n) is 6.79. The van der Waals surface area contributed by atoms with Gasteiger partial charge in [0.25, 0.3) is 5.91 Å². The number of carbonyl (C=O) groups excluding carboxylic acids is 1. The molecule has 3 aliphatic rings. The van der Waals surface area contributed by atoms with Gasteiger partial charge in [0.05, 0.1) is 12.2 Å². The molecule has 2 fully saturated rings. The molecule has 6 heteroatoms. The fourth-order valence-corrected chi connectivity index (χ4v) is 5.12. The number of hydrogen-bond donors (Lipinski definition) is 0. The Morgan fingerprint density at radius 2 is 1.57 bits per heavy atom. The number of likely N-dealkylation sites (tertiary alicyclic amines) is 2. The highest BCUT2D eigenvalue weighted by Crippen LogP contribution is 2.30. The molecule has 0 saturated carbocycles. The highest BCUT2D eigenvalue weighted by Gasteiger charge is 2.31. The molecule has 148 valence electrons. The molecule has 3 heterocycles. The van der Waals surface area contributed by atoms with Crippen LogP contribution in [0.2, 0.25) is 0 Å². The lowest BCUT2D eigenvalue weighted by Crippen LogP contribution is -2.42. The van der Waals surface area contributed by atoms with Crippen LogP contribution in [0.15, 0.2) is 30.5 Å². The summed E-state index contributed by atoms with van der Waals surface area (Å²) >= 11 is 0. The molecule has 5 rings (SSSR count). The average molecular weight is 380 g/mol. The van der Waals surface area contributed by atoms with Crippen LogP contribution in [-0.2, 0) is 12.8 Å². The Balaban J connectivity index is 1.17. The molecule has 0 N–H and O–H groups in total. The fraction of sp³-hybridized carbons (Fsp3) is 0.591. The fourth-order valence-electron chi connectivity index (χ4n) is 5.12. The van der Waals surface area contributed by atoms with E-state index in [2.05, 4.69) is 39.5 Å². The topological polar surface area (TPSA) is 54.3 Å². The van der Waals surface area contributed by atoms with Gasteiger partial charge >= 0.3 is 0 Å². The largest absolute Gasteiger partial charge is 0.337 e. The lowest BCUT2D eigenvalue weighted by atomic mass is 10.0. The van der Waals surface area contributed by atoms with E-state index in [-0.39, 0.29) is 5.91 Å². The van der Waals surface area contributed by atoms with Crippen LogP contribution in [0.25, 0.3) is 0 Å². The monoisotopic (exact) mass is 379 g/mol. The summed E-state index contributed by atoms with van der Waals surface area (Å²) in [6.45, 7) is 3.90. The summed E-state index contributed by atoms with van der Waals surface area (Å²) < 4.78 is 1.94. The molecule has 6 nitrogen and oxygen atoms in total. The van der Waals surface area contributed by atoms with E-state index in [4.69, 9.17) is 0 Å². The van der Waals surface area contributed by atoms with E-state index in [1.54, 1.807) is 0 Å². The van der Waals surface area contributed by atoms with Gasteiger partial charge in [-0.05, 0) is 56.1 Å². The minimum absolute atomic E-state index is 0.0482. The quantitative estimate of drug-likeness (QED) is 0.823. The van der Waals surface area contributed by atoms with Gasteiger partial charge < -0.3 is 4.90 Å². The summed E-state index contributed by atoms with van der Waals surface area (Å²) in [6, 6.07) is 9.86. The first kappa shape index (κ1) is 17.9. The van der Waals surface area contributed by atoms with Gasteiger partial charge in [-0.25, -0.2) is 4.68 Å². The lowest BCUT2D eigenvalue weighted by Gasteiger charge is -2.35. The van der Waals surface area contributed by atoms with Crippen molar-refractivity contribution in [3.63, 3.8) is 0 Å². The molecule has 0 spiro atoms. The number of carbonyl (C=O) groups is 1. The summed E-state index contributed by atoms with van der Waals surface area (Å²) in [5, 5.41) is 8.51. The van der Waals surface area contributed by atoms with Crippen LogP contribution in [0.4, 0.5) is 0 Å². The summed E-state index contributed by atoms with van der Waals surface area (Å²) in [4.78, 5) is 17.2. The van der Waals surface area contributed by atoms with Crippen LogP contribution in [0, 0.1) is 0 Å². The number of nitrogens with zero attached hydrogens (tertiary/aromatic N) is 5. The van der Waals surface area contributed by atoms with Crippen LogP contribution < -0.4 is 0 Å². The normalized spacial score (nSPS) is 21.8. The van der Waals surface area contributed by atoms with Crippen LogP contribution >= 0.6 is 0 Å². The first-order valence-corrected chi connectivity index (χ1v) is 10.8. The summed E-state index contributed by atoms with van der Waals surface area (Å²) in [5.41, 5.74) is 3.55. The third kappa shape index (κ3) is 3.46. The van der Waals surface area contributed by atoms with Crippen molar-refractivity contribution >= 4 is 5.91 Å². The molecule has 0 bridgehead atoms. The molecule has 2 aromatic rings. The van der Waals surface area contributed by atoms with E-state index in [9.17, 15) is 4.79 Å². The first-order chi connectivity index (χ1) is 13.8. The van der Waals surface area contributed by atoms with Crippen molar-refractivity contribution in [1.82, 2.24) is 24.8 Å². The molecule has 1 aromatic heterocycles. The number of amides is 1. The molecular weight excluding hydrogens is 350 g/mol. The maximum absolute atomic E-state index is 12.6. The van der Waals surface area contributed by atoms with Crippen molar-refractivity contribution in [3.8, 4) is 0 Å². The summed E-state index contributed by atoms with van der Waals surface area (Å²) in [7, 11) is 0. The molecule has 1 aromatic carbocycles. The maximum Gasteiger partial charge on any atom is 0.276 e. The second-order valence-electron chi connectivity index (χ2n) is 8.53. The lowest BCUT2D eigenvalue weighted by molar-refractivity contribution is 0.0718. The Hall–Kier alpha value is -2.21. The van der Waals surface area contributed by atoms with Gasteiger partial charge in [-0.3, -0.25) is 9.69 Å². The number of aromatic nitrogens is 3. The Labute approximate surface area is 166 Å². The zero-order chi connectivity index (χ0) is 18.9. The SMILES string of the molecule is O=C(c1cn(C2CCN(C3Cc4ccccc4C3)CC2)nn1)N1CCCCC1. The standard InChI is InChI=1S/C22H29N5O/c28-22(26-10-4-1-5-11-26)21-16-27(24-23-21)19-8-12-25(13-9-19)20-14-17-6-2-3-7-18(17)15-20/h2-3,6-7,16,19-20H,1,4-5,8-15H2. The van der Waals surface area contributed by atoms with Gasteiger partial charge in [0.15, 0.2) is 5.69 Å². The van der Waals surface area contributed by atoms with E-state index >= 15 is 0 Å². The Kier molecular flexibility index (Phi) is 4.89. The molecule has 0 radical (unpaired) electrons. The molecule has 0 unspecified atom stereocenters. The smallest absolute Gasteiger partial charge is 0.276 e. The minimum Gasteiger partial charge on any atom is -0.337 e. The molecule has 2 saturated heterocycles. The van der Waals surface area contributed by atoms with E-state index < -0.39 is 0 Å². The second-order valence-corrected chi connectivity index (χ2v) is 8.53. The highest BCUT2D eigenvalue weighted by atomic mass is 16.2. The number of piperidine rings is 2. The van der Waals surface area contributed by atoms with E-state index in [1.807, 2.05) is 15.8 Å². The van der Waals surface area contributed by atoms with Crippen LogP contribution in [-0.4, -0.2) is 62.9 Å². The zero-order valence-corrected chi connectivity index (χ0v) is 16.5. The molecule has 1 amide bonds. The Morgan fingerprint density at radius 1 is 0.893 bits per heavy atom. The van der Waals surface area contributed by atoms with Gasteiger partial charge in [0.1, 0.15) is 0 Å². The predicted octanol–water partition coefficient (Wildman–Crippen LogP) is 2.71. The van der Waals surface area contributed by atoms with Crippen molar-refractivity contribution in [2.45, 2.75) is 57.0 Å². The van der Waals surface area contributed by atoms with Gasteiger partial charge in [-0.15, -0.1) is 5.10 Å². The average Bonchev–Trinajstić information content (AvgIpc) is 3.41. The minimum atomic E-state index is 0.0482. The van der Waals surface area contributed by atoms with Crippen molar-refractivity contribution in [1.29, 1.82) is 0 Å². The molecule has 2 aliphatic heterocycles. The van der Waals surface area contributed by atoms with Gasteiger partial charge in [-0.1, -0.05) is 29.5 Å². The van der Waals surface area contributed by atoms with Gasteiger partial charge in [0.2, 0.25) is 0 Å². The van der Waals surface area contributed by atoms with Crippen molar-refractivity contribution in [2.75, 3.05) is 26.2 Å². The molecular formula is C22H29N5O. The van der Waals surface area contributed by atoms with E-state index in [1.165, 1.54) is 30.4 Å². The van der Waals surface area contributed by atoms with Crippen molar-refractivity contribution < 1.29 is 4.79 Å². The van der Waals surface area contributed by atoms with Crippen LogP contribution in [0.1, 0.15) is 59.8 Å². The predicted molar refractivity (Wildman–Crippen MR) is 107 cm³/mol. The number of fused-ring (bicyclic) bond motifs is 1. The van der Waals surface area contributed by atoms with E-state index in [0.29, 0.717) is 17.8 Å². The Morgan fingerprint density at radius 3 is 2.25 bits per heavy atom. The number of hydrogen-bond acceptors (Lipinski definition) is 4. The third-order valence-corrected chi connectivity index (χ3v) is 6.79. The van der Waals surface area contributed by atoms with Crippen LogP contribution in [0.5, 0.6) is 0 Å². The molecule has 28 heavy (non-hydrogen) atoms.